The van der Waals surface area contributed by atoms with Crippen LogP contribution in [-0.4, -0.2) is 48.4 Å². The third-order valence-electron chi connectivity index (χ3n) is 6.02. The van der Waals surface area contributed by atoms with E-state index in [0.29, 0.717) is 31.5 Å². The molecular weight excluding hydrogens is 381 g/mol. The number of carbonyl (C=O) groups is 2. The van der Waals surface area contributed by atoms with Gasteiger partial charge < -0.3 is 15.1 Å². The van der Waals surface area contributed by atoms with E-state index in [9.17, 15) is 14.0 Å². The lowest BCUT2D eigenvalue weighted by molar-refractivity contribution is -0.904. The fourth-order valence-electron chi connectivity index (χ4n) is 4.27. The molecular formula is C24H31FN3O2+. The summed E-state index contributed by atoms with van der Waals surface area (Å²) in [6, 6.07) is 15.0. The summed E-state index contributed by atoms with van der Waals surface area (Å²) >= 11 is 0. The molecule has 0 aromatic heterocycles. The van der Waals surface area contributed by atoms with E-state index >= 15 is 0 Å². The second kappa shape index (κ2) is 9.85. The van der Waals surface area contributed by atoms with E-state index in [2.05, 4.69) is 12.2 Å². The van der Waals surface area contributed by atoms with Crippen molar-refractivity contribution in [3.05, 3.63) is 66.0 Å². The zero-order valence-corrected chi connectivity index (χ0v) is 17.8. The summed E-state index contributed by atoms with van der Waals surface area (Å²) in [7, 11) is 0. The molecule has 0 atom stereocenters. The largest absolute Gasteiger partial charge is 0.335 e. The first-order chi connectivity index (χ1) is 14.5. The van der Waals surface area contributed by atoms with Crippen LogP contribution < -0.4 is 10.2 Å². The van der Waals surface area contributed by atoms with Crippen LogP contribution in [0.5, 0.6) is 0 Å². The van der Waals surface area contributed by atoms with Crippen LogP contribution in [0.2, 0.25) is 0 Å². The molecule has 5 nitrogen and oxygen atoms in total. The molecule has 160 valence electrons. The number of anilines is 1. The van der Waals surface area contributed by atoms with Crippen molar-refractivity contribution in [3.8, 4) is 0 Å². The number of quaternary nitrogens is 1. The molecule has 2 aromatic carbocycles. The number of nitrogens with zero attached hydrogens (tertiary/aromatic N) is 1. The number of benzene rings is 2. The van der Waals surface area contributed by atoms with Crippen molar-refractivity contribution in [2.75, 3.05) is 31.5 Å². The molecule has 0 bridgehead atoms. The van der Waals surface area contributed by atoms with Crippen LogP contribution in [0.4, 0.5) is 10.1 Å². The summed E-state index contributed by atoms with van der Waals surface area (Å²) in [4.78, 5) is 30.2. The first-order valence-corrected chi connectivity index (χ1v) is 10.8. The van der Waals surface area contributed by atoms with E-state index < -0.39 is 11.4 Å². The minimum absolute atomic E-state index is 0.165. The first-order valence-electron chi connectivity index (χ1n) is 10.8. The Morgan fingerprint density at radius 3 is 2.37 bits per heavy atom. The minimum atomic E-state index is -0.950. The molecule has 0 radical (unpaired) electrons. The van der Waals surface area contributed by atoms with Gasteiger partial charge in [-0.25, -0.2) is 4.39 Å². The number of carbonyl (C=O) groups excluding carboxylic acids is 2. The van der Waals surface area contributed by atoms with E-state index in [-0.39, 0.29) is 17.4 Å². The molecule has 0 saturated carbocycles. The standard InChI is InChI=1S/C24H30FN3O2/c1-3-15-28(22(29)19-9-8-10-20(25)18-19)24(13-16-27(4-2)17-14-24)23(30)26-21-11-6-5-7-12-21/h5-12,18H,3-4,13-17H2,1-2H3,(H,26,30)/p+1. The topological polar surface area (TPSA) is 53.9 Å². The van der Waals surface area contributed by atoms with Crippen LogP contribution in [0.15, 0.2) is 54.6 Å². The van der Waals surface area contributed by atoms with Gasteiger partial charge >= 0.3 is 0 Å². The molecule has 0 spiro atoms. The lowest BCUT2D eigenvalue weighted by atomic mass is 9.83. The molecule has 1 saturated heterocycles. The number of piperidine rings is 1. The number of likely N-dealkylation sites (tertiary alicyclic amines) is 1. The van der Waals surface area contributed by atoms with Crippen molar-refractivity contribution in [2.24, 2.45) is 0 Å². The molecule has 2 N–H and O–H groups in total. The van der Waals surface area contributed by atoms with Gasteiger partial charge in [0.05, 0.1) is 19.6 Å². The van der Waals surface area contributed by atoms with E-state index in [1.165, 1.54) is 23.1 Å². The van der Waals surface area contributed by atoms with Gasteiger partial charge in [-0.15, -0.1) is 0 Å². The Morgan fingerprint density at radius 1 is 1.07 bits per heavy atom. The van der Waals surface area contributed by atoms with Crippen molar-refractivity contribution < 1.29 is 18.9 Å². The monoisotopic (exact) mass is 412 g/mol. The Morgan fingerprint density at radius 2 is 1.77 bits per heavy atom. The van der Waals surface area contributed by atoms with Gasteiger partial charge in [-0.2, -0.15) is 0 Å². The minimum Gasteiger partial charge on any atom is -0.335 e. The third kappa shape index (κ3) is 4.70. The molecule has 0 aliphatic carbocycles. The fourth-order valence-corrected chi connectivity index (χ4v) is 4.27. The number of hydrogen-bond donors (Lipinski definition) is 2. The van der Waals surface area contributed by atoms with Gasteiger partial charge in [0.25, 0.3) is 11.8 Å². The van der Waals surface area contributed by atoms with Gasteiger partial charge in [-0.3, -0.25) is 9.59 Å². The van der Waals surface area contributed by atoms with Crippen molar-refractivity contribution in [1.82, 2.24) is 4.90 Å². The van der Waals surface area contributed by atoms with Crippen molar-refractivity contribution in [3.63, 3.8) is 0 Å². The SMILES string of the molecule is CCCN(C(=O)c1cccc(F)c1)C1(C(=O)Nc2ccccc2)CC[NH+](CC)CC1. The van der Waals surface area contributed by atoms with Crippen LogP contribution in [-0.2, 0) is 4.79 Å². The number of amides is 2. The molecule has 30 heavy (non-hydrogen) atoms. The van der Waals surface area contributed by atoms with Gasteiger partial charge in [0.15, 0.2) is 0 Å². The highest BCUT2D eigenvalue weighted by Crippen LogP contribution is 2.29. The fraction of sp³-hybridized carbons (Fsp3) is 0.417. The predicted molar refractivity (Wildman–Crippen MR) is 116 cm³/mol. The molecule has 0 unspecified atom stereocenters. The van der Waals surface area contributed by atoms with Crippen molar-refractivity contribution >= 4 is 17.5 Å². The van der Waals surface area contributed by atoms with E-state index in [1.54, 1.807) is 11.0 Å². The Bertz CT molecular complexity index is 864. The quantitative estimate of drug-likeness (QED) is 0.735. The zero-order valence-electron chi connectivity index (χ0n) is 17.8. The smallest absolute Gasteiger partial charge is 0.254 e. The number of para-hydroxylation sites is 1. The Balaban J connectivity index is 1.97. The normalized spacial score (nSPS) is 21.1. The Kier molecular flexibility index (Phi) is 7.21. The number of halogens is 1. The highest BCUT2D eigenvalue weighted by Gasteiger charge is 2.49. The maximum Gasteiger partial charge on any atom is 0.254 e. The first kappa shape index (κ1) is 22.0. The number of nitrogens with one attached hydrogen (secondary N) is 2. The summed E-state index contributed by atoms with van der Waals surface area (Å²) in [5.74, 6) is -0.910. The summed E-state index contributed by atoms with van der Waals surface area (Å²) in [5, 5.41) is 3.03. The summed E-state index contributed by atoms with van der Waals surface area (Å²) < 4.78 is 13.8. The zero-order chi connectivity index (χ0) is 21.6. The van der Waals surface area contributed by atoms with Gasteiger partial charge in [0, 0.05) is 30.6 Å². The Hall–Kier alpha value is -2.73. The molecule has 3 rings (SSSR count). The summed E-state index contributed by atoms with van der Waals surface area (Å²) in [6.07, 6.45) is 1.87. The van der Waals surface area contributed by atoms with Gasteiger partial charge in [0.1, 0.15) is 11.4 Å². The van der Waals surface area contributed by atoms with Crippen molar-refractivity contribution in [1.29, 1.82) is 0 Å². The Labute approximate surface area is 177 Å². The maximum atomic E-state index is 13.8. The summed E-state index contributed by atoms with van der Waals surface area (Å²) in [5.41, 5.74) is 0.0379. The second-order valence-electron chi connectivity index (χ2n) is 7.92. The highest BCUT2D eigenvalue weighted by atomic mass is 19.1. The van der Waals surface area contributed by atoms with Crippen LogP contribution in [0.25, 0.3) is 0 Å². The average molecular weight is 413 g/mol. The lowest BCUT2D eigenvalue weighted by Gasteiger charge is -2.46. The highest BCUT2D eigenvalue weighted by molar-refractivity contribution is 6.03. The van der Waals surface area contributed by atoms with Gasteiger partial charge in [-0.1, -0.05) is 31.2 Å². The molecule has 2 amide bonds. The van der Waals surface area contributed by atoms with Gasteiger partial charge in [0.2, 0.25) is 0 Å². The van der Waals surface area contributed by atoms with Crippen LogP contribution >= 0.6 is 0 Å². The second-order valence-corrected chi connectivity index (χ2v) is 7.92. The van der Waals surface area contributed by atoms with Gasteiger partial charge in [-0.05, 0) is 43.7 Å². The van der Waals surface area contributed by atoms with Crippen LogP contribution in [0.3, 0.4) is 0 Å². The molecule has 1 aliphatic heterocycles. The lowest BCUT2D eigenvalue weighted by Crippen LogP contribution is -3.13. The molecule has 1 heterocycles. The maximum absolute atomic E-state index is 13.8. The molecule has 1 fully saturated rings. The summed E-state index contributed by atoms with van der Waals surface area (Å²) in [6.45, 7) is 7.18. The third-order valence-corrected chi connectivity index (χ3v) is 6.02. The van der Waals surface area contributed by atoms with Crippen molar-refractivity contribution in [2.45, 2.75) is 38.6 Å². The number of rotatable bonds is 7. The molecule has 6 heteroatoms. The molecule has 1 aliphatic rings. The van der Waals surface area contributed by atoms with E-state index in [0.717, 1.165) is 19.6 Å². The van der Waals surface area contributed by atoms with E-state index in [4.69, 9.17) is 0 Å². The predicted octanol–water partition coefficient (Wildman–Crippen LogP) is 2.75. The average Bonchev–Trinajstić information content (AvgIpc) is 2.77. The van der Waals surface area contributed by atoms with E-state index in [1.807, 2.05) is 37.3 Å². The molecule has 2 aromatic rings. The van der Waals surface area contributed by atoms with Crippen LogP contribution in [0, 0.1) is 5.82 Å². The van der Waals surface area contributed by atoms with Crippen LogP contribution in [0.1, 0.15) is 43.5 Å². The number of hydrogen-bond acceptors (Lipinski definition) is 2.